The number of nitrogens with two attached hydrogens (primary N) is 1. The van der Waals surface area contributed by atoms with E-state index in [-0.39, 0.29) is 5.54 Å². The molecule has 70 valence electrons. The van der Waals surface area contributed by atoms with Gasteiger partial charge in [-0.05, 0) is 38.1 Å². The van der Waals surface area contributed by atoms with Gasteiger partial charge in [0.15, 0.2) is 0 Å². The van der Waals surface area contributed by atoms with Crippen LogP contribution in [0.5, 0.6) is 0 Å². The molecule has 0 spiro atoms. The molecule has 12 heavy (non-hydrogen) atoms. The van der Waals surface area contributed by atoms with Crippen molar-refractivity contribution < 1.29 is 0 Å². The van der Waals surface area contributed by atoms with E-state index >= 15 is 0 Å². The van der Waals surface area contributed by atoms with Gasteiger partial charge in [0.2, 0.25) is 0 Å². The predicted molar refractivity (Wildman–Crippen MR) is 51.0 cm³/mol. The van der Waals surface area contributed by atoms with E-state index in [4.69, 9.17) is 5.73 Å². The molecule has 2 heteroatoms. The summed E-state index contributed by atoms with van der Waals surface area (Å²) in [6, 6.07) is 0. The van der Waals surface area contributed by atoms with E-state index in [0.717, 1.165) is 12.5 Å². The summed E-state index contributed by atoms with van der Waals surface area (Å²) in [6.45, 7) is 2.25. The zero-order valence-corrected chi connectivity index (χ0v) is 7.81. The molecule has 2 saturated carbocycles. The quantitative estimate of drug-likeness (QED) is 0.663. The fourth-order valence-corrected chi connectivity index (χ4v) is 2.10. The molecule has 0 bridgehead atoms. The van der Waals surface area contributed by atoms with Gasteiger partial charge in [-0.2, -0.15) is 0 Å². The summed E-state index contributed by atoms with van der Waals surface area (Å²) in [4.78, 5) is 0. The highest BCUT2D eigenvalue weighted by molar-refractivity contribution is 4.91. The van der Waals surface area contributed by atoms with Crippen LogP contribution < -0.4 is 11.1 Å². The van der Waals surface area contributed by atoms with Gasteiger partial charge in [-0.3, -0.25) is 0 Å². The average Bonchev–Trinajstić information content (AvgIpc) is 2.75. The van der Waals surface area contributed by atoms with Crippen LogP contribution >= 0.6 is 0 Å². The highest BCUT2D eigenvalue weighted by atomic mass is 14.9. The molecule has 2 aliphatic rings. The molecule has 0 aliphatic heterocycles. The van der Waals surface area contributed by atoms with Crippen LogP contribution in [0.1, 0.15) is 38.5 Å². The van der Waals surface area contributed by atoms with Crippen LogP contribution in [0.15, 0.2) is 0 Å². The number of hydrogen-bond donors (Lipinski definition) is 2. The van der Waals surface area contributed by atoms with E-state index in [1.54, 1.807) is 0 Å². The third kappa shape index (κ3) is 2.20. The third-order valence-corrected chi connectivity index (χ3v) is 3.21. The van der Waals surface area contributed by atoms with Crippen molar-refractivity contribution in [3.8, 4) is 0 Å². The fourth-order valence-electron chi connectivity index (χ4n) is 2.10. The predicted octanol–water partition coefficient (Wildman–Crippen LogP) is 1.26. The molecule has 0 atom stereocenters. The lowest BCUT2D eigenvalue weighted by atomic mass is 9.99. The van der Waals surface area contributed by atoms with Gasteiger partial charge in [0, 0.05) is 12.1 Å². The Morgan fingerprint density at radius 2 is 1.92 bits per heavy atom. The van der Waals surface area contributed by atoms with E-state index in [2.05, 4.69) is 5.32 Å². The molecule has 0 radical (unpaired) electrons. The van der Waals surface area contributed by atoms with Crippen LogP contribution in [0.2, 0.25) is 0 Å². The minimum Gasteiger partial charge on any atom is -0.324 e. The van der Waals surface area contributed by atoms with E-state index in [0.29, 0.717) is 0 Å². The van der Waals surface area contributed by atoms with Gasteiger partial charge in [-0.1, -0.05) is 12.8 Å². The SMILES string of the molecule is NC1(CNCC2CC2)CCCC1. The fraction of sp³-hybridized carbons (Fsp3) is 1.00. The van der Waals surface area contributed by atoms with Crippen molar-refractivity contribution in [2.75, 3.05) is 13.1 Å². The minimum absolute atomic E-state index is 0.148. The van der Waals surface area contributed by atoms with Gasteiger partial charge in [-0.25, -0.2) is 0 Å². The zero-order chi connectivity index (χ0) is 8.44. The lowest BCUT2D eigenvalue weighted by Gasteiger charge is -2.23. The van der Waals surface area contributed by atoms with E-state index in [9.17, 15) is 0 Å². The summed E-state index contributed by atoms with van der Waals surface area (Å²) in [5.74, 6) is 0.981. The summed E-state index contributed by atoms with van der Waals surface area (Å²) in [5, 5.41) is 3.50. The first-order valence-corrected chi connectivity index (χ1v) is 5.28. The third-order valence-electron chi connectivity index (χ3n) is 3.21. The number of nitrogens with one attached hydrogen (secondary N) is 1. The Bertz CT molecular complexity index is 146. The maximum Gasteiger partial charge on any atom is 0.0280 e. The van der Waals surface area contributed by atoms with Crippen LogP contribution in [0, 0.1) is 5.92 Å². The van der Waals surface area contributed by atoms with Crippen LogP contribution in [0.3, 0.4) is 0 Å². The minimum atomic E-state index is 0.148. The standard InChI is InChI=1S/C10H20N2/c11-10(5-1-2-6-10)8-12-7-9-3-4-9/h9,12H,1-8,11H2. The molecule has 0 aromatic heterocycles. The maximum absolute atomic E-state index is 6.20. The van der Waals surface area contributed by atoms with Crippen LogP contribution in [0.25, 0.3) is 0 Å². The Kier molecular flexibility index (Phi) is 2.37. The van der Waals surface area contributed by atoms with Crippen molar-refractivity contribution >= 4 is 0 Å². The van der Waals surface area contributed by atoms with Crippen LogP contribution in [-0.4, -0.2) is 18.6 Å². The van der Waals surface area contributed by atoms with Crippen LogP contribution in [0.4, 0.5) is 0 Å². The van der Waals surface area contributed by atoms with Gasteiger partial charge in [-0.15, -0.1) is 0 Å². The maximum atomic E-state index is 6.20. The molecule has 0 unspecified atom stereocenters. The molecule has 0 amide bonds. The van der Waals surface area contributed by atoms with Gasteiger partial charge < -0.3 is 11.1 Å². The smallest absolute Gasteiger partial charge is 0.0280 e. The molecule has 2 fully saturated rings. The Morgan fingerprint density at radius 3 is 2.50 bits per heavy atom. The van der Waals surface area contributed by atoms with Gasteiger partial charge in [0.05, 0.1) is 0 Å². The normalized spacial score (nSPS) is 27.8. The van der Waals surface area contributed by atoms with E-state index < -0.39 is 0 Å². The highest BCUT2D eigenvalue weighted by Crippen LogP contribution is 2.29. The molecule has 0 aromatic carbocycles. The lowest BCUT2D eigenvalue weighted by molar-refractivity contribution is 0.401. The summed E-state index contributed by atoms with van der Waals surface area (Å²) in [5.41, 5.74) is 6.35. The first-order chi connectivity index (χ1) is 5.79. The summed E-state index contributed by atoms with van der Waals surface area (Å²) >= 11 is 0. The summed E-state index contributed by atoms with van der Waals surface area (Å²) < 4.78 is 0. The van der Waals surface area contributed by atoms with Crippen molar-refractivity contribution in [1.29, 1.82) is 0 Å². The van der Waals surface area contributed by atoms with E-state index in [1.165, 1.54) is 45.1 Å². The van der Waals surface area contributed by atoms with Crippen molar-refractivity contribution in [3.05, 3.63) is 0 Å². The zero-order valence-electron chi connectivity index (χ0n) is 7.81. The molecule has 0 aromatic rings. The monoisotopic (exact) mass is 168 g/mol. The number of rotatable bonds is 4. The molecule has 2 nitrogen and oxygen atoms in total. The molecule has 0 heterocycles. The van der Waals surface area contributed by atoms with Crippen molar-refractivity contribution in [2.24, 2.45) is 11.7 Å². The second-order valence-corrected chi connectivity index (χ2v) is 4.64. The second-order valence-electron chi connectivity index (χ2n) is 4.64. The van der Waals surface area contributed by atoms with Gasteiger partial charge in [0.25, 0.3) is 0 Å². The first kappa shape index (κ1) is 8.52. The summed E-state index contributed by atoms with van der Waals surface area (Å²) in [6.07, 6.45) is 7.99. The van der Waals surface area contributed by atoms with Crippen molar-refractivity contribution in [2.45, 2.75) is 44.1 Å². The Labute approximate surface area is 74.9 Å². The number of hydrogen-bond acceptors (Lipinski definition) is 2. The molecule has 2 rings (SSSR count). The van der Waals surface area contributed by atoms with Crippen molar-refractivity contribution in [3.63, 3.8) is 0 Å². The molecular formula is C10H20N2. The largest absolute Gasteiger partial charge is 0.324 e. The first-order valence-electron chi connectivity index (χ1n) is 5.28. The molecule has 2 aliphatic carbocycles. The highest BCUT2D eigenvalue weighted by Gasteiger charge is 2.29. The molecular weight excluding hydrogens is 148 g/mol. The average molecular weight is 168 g/mol. The Morgan fingerprint density at radius 1 is 1.25 bits per heavy atom. The van der Waals surface area contributed by atoms with Crippen molar-refractivity contribution in [1.82, 2.24) is 5.32 Å². The van der Waals surface area contributed by atoms with Gasteiger partial charge in [0.1, 0.15) is 0 Å². The topological polar surface area (TPSA) is 38.0 Å². The Hall–Kier alpha value is -0.0800. The van der Waals surface area contributed by atoms with E-state index in [1.807, 2.05) is 0 Å². The van der Waals surface area contributed by atoms with Crippen LogP contribution in [-0.2, 0) is 0 Å². The summed E-state index contributed by atoms with van der Waals surface area (Å²) in [7, 11) is 0. The van der Waals surface area contributed by atoms with Gasteiger partial charge >= 0.3 is 0 Å². The molecule has 0 saturated heterocycles. The second kappa shape index (κ2) is 3.35. The lowest BCUT2D eigenvalue weighted by Crippen LogP contribution is -2.46. The Balaban J connectivity index is 1.63. The molecule has 3 N–H and O–H groups in total.